The number of rotatable bonds is 3. The van der Waals surface area contributed by atoms with Crippen LogP contribution in [-0.4, -0.2) is 55.3 Å². The minimum absolute atomic E-state index is 0.131. The van der Waals surface area contributed by atoms with E-state index in [9.17, 15) is 9.90 Å². The Bertz CT molecular complexity index is 476. The Labute approximate surface area is 113 Å². The van der Waals surface area contributed by atoms with Gasteiger partial charge in [-0.05, 0) is 19.1 Å². The first-order chi connectivity index (χ1) is 9.04. The number of ether oxygens (including phenoxy) is 1. The second-order valence-electron chi connectivity index (χ2n) is 4.91. The molecule has 0 radical (unpaired) electrons. The second kappa shape index (κ2) is 5.59. The lowest BCUT2D eigenvalue weighted by Crippen LogP contribution is -2.44. The van der Waals surface area contributed by atoms with E-state index in [0.29, 0.717) is 24.4 Å². The van der Waals surface area contributed by atoms with Gasteiger partial charge >= 0.3 is 0 Å². The molecule has 1 aromatic rings. The number of likely N-dealkylation sites (N-methyl/N-ethyl adjacent to an activating group) is 1. The van der Waals surface area contributed by atoms with E-state index in [1.54, 1.807) is 25.1 Å². The fourth-order valence-corrected chi connectivity index (χ4v) is 2.38. The highest BCUT2D eigenvalue weighted by molar-refractivity contribution is 5.97. The number of β-amino-alcohol motifs (C(OH)–C–C–N with tert-alkyl or cyclic N) is 1. The maximum absolute atomic E-state index is 12.5. The Hall–Kier alpha value is -1.59. The van der Waals surface area contributed by atoms with Gasteiger partial charge in [-0.3, -0.25) is 4.79 Å². The number of carbonyl (C=O) groups is 1. The van der Waals surface area contributed by atoms with E-state index in [0.717, 1.165) is 5.56 Å². The molecule has 0 aromatic heterocycles. The lowest BCUT2D eigenvalue weighted by Gasteiger charge is -2.27. The third-order valence-electron chi connectivity index (χ3n) is 3.55. The number of hydrogen-bond donors (Lipinski definition) is 2. The van der Waals surface area contributed by atoms with Crippen molar-refractivity contribution in [2.24, 2.45) is 0 Å². The highest BCUT2D eigenvalue weighted by Crippen LogP contribution is 2.22. The molecule has 19 heavy (non-hydrogen) atoms. The van der Waals surface area contributed by atoms with E-state index in [4.69, 9.17) is 4.74 Å². The van der Waals surface area contributed by atoms with Gasteiger partial charge in [-0.15, -0.1) is 0 Å². The largest absolute Gasteiger partial charge is 0.496 e. The van der Waals surface area contributed by atoms with Gasteiger partial charge in [0.25, 0.3) is 5.91 Å². The minimum atomic E-state index is -0.523. The number of aryl methyl sites for hydroxylation is 1. The van der Waals surface area contributed by atoms with Crippen molar-refractivity contribution >= 4 is 5.91 Å². The van der Waals surface area contributed by atoms with Crippen molar-refractivity contribution in [3.8, 4) is 5.75 Å². The van der Waals surface area contributed by atoms with Gasteiger partial charge in [0.1, 0.15) is 5.75 Å². The molecule has 2 N–H and O–H groups in total. The zero-order valence-corrected chi connectivity index (χ0v) is 11.5. The van der Waals surface area contributed by atoms with Crippen molar-refractivity contribution in [1.82, 2.24) is 10.2 Å². The van der Waals surface area contributed by atoms with Gasteiger partial charge in [-0.1, -0.05) is 11.6 Å². The lowest BCUT2D eigenvalue weighted by atomic mass is 10.1. The van der Waals surface area contributed by atoms with E-state index in [2.05, 4.69) is 5.32 Å². The summed E-state index contributed by atoms with van der Waals surface area (Å²) < 4.78 is 5.24. The number of nitrogens with one attached hydrogen (secondary N) is 1. The molecule has 104 valence electrons. The number of hydrogen-bond acceptors (Lipinski definition) is 4. The van der Waals surface area contributed by atoms with Crippen molar-refractivity contribution in [2.45, 2.75) is 19.1 Å². The van der Waals surface area contributed by atoms with Crippen LogP contribution < -0.4 is 10.1 Å². The summed E-state index contributed by atoms with van der Waals surface area (Å²) >= 11 is 0. The molecule has 0 unspecified atom stereocenters. The van der Waals surface area contributed by atoms with Gasteiger partial charge in [0.2, 0.25) is 0 Å². The highest BCUT2D eigenvalue weighted by atomic mass is 16.5. The van der Waals surface area contributed by atoms with Gasteiger partial charge in [-0.25, -0.2) is 0 Å². The van der Waals surface area contributed by atoms with Crippen LogP contribution in [0.4, 0.5) is 0 Å². The monoisotopic (exact) mass is 264 g/mol. The van der Waals surface area contributed by atoms with Crippen molar-refractivity contribution < 1.29 is 14.6 Å². The van der Waals surface area contributed by atoms with Crippen molar-refractivity contribution in [1.29, 1.82) is 0 Å². The van der Waals surface area contributed by atoms with Crippen molar-refractivity contribution in [2.75, 3.05) is 27.2 Å². The number of aliphatic hydroxyl groups is 1. The fraction of sp³-hybridized carbons (Fsp3) is 0.500. The Kier molecular flexibility index (Phi) is 4.07. The van der Waals surface area contributed by atoms with E-state index < -0.39 is 6.10 Å². The van der Waals surface area contributed by atoms with Gasteiger partial charge < -0.3 is 20.1 Å². The van der Waals surface area contributed by atoms with Crippen molar-refractivity contribution in [3.63, 3.8) is 0 Å². The summed E-state index contributed by atoms with van der Waals surface area (Å²) in [6.45, 7) is 3.06. The summed E-state index contributed by atoms with van der Waals surface area (Å²) in [4.78, 5) is 14.1. The number of methoxy groups -OCH3 is 1. The summed E-state index contributed by atoms with van der Waals surface area (Å²) in [5.41, 5.74) is 1.53. The van der Waals surface area contributed by atoms with Crippen LogP contribution in [0.25, 0.3) is 0 Å². The molecule has 1 aliphatic rings. The van der Waals surface area contributed by atoms with Crippen LogP contribution in [0.1, 0.15) is 15.9 Å². The Morgan fingerprint density at radius 1 is 1.47 bits per heavy atom. The standard InChI is InChI=1S/C14H20N2O3/c1-9-4-5-13(19-3)10(6-9)14(18)16(2)11-7-15-8-12(11)17/h4-6,11-12,15,17H,7-8H2,1-3H3/t11-,12-/m0/s1. The molecule has 5 heteroatoms. The van der Waals surface area contributed by atoms with Gasteiger partial charge in [0.05, 0.1) is 24.8 Å². The minimum Gasteiger partial charge on any atom is -0.496 e. The molecule has 1 amide bonds. The average molecular weight is 264 g/mol. The third kappa shape index (κ3) is 2.72. The summed E-state index contributed by atoms with van der Waals surface area (Å²) in [7, 11) is 3.26. The number of nitrogens with zero attached hydrogens (tertiary/aromatic N) is 1. The SMILES string of the molecule is COc1ccc(C)cc1C(=O)N(C)[C@H]1CNC[C@@H]1O. The molecular weight excluding hydrogens is 244 g/mol. The summed E-state index contributed by atoms with van der Waals surface area (Å²) in [6, 6.07) is 5.31. The smallest absolute Gasteiger partial charge is 0.257 e. The van der Waals surface area contributed by atoms with Gasteiger partial charge in [0.15, 0.2) is 0 Å². The quantitative estimate of drug-likeness (QED) is 0.830. The van der Waals surface area contributed by atoms with E-state index in [1.165, 1.54) is 0 Å². The number of carbonyl (C=O) groups excluding carboxylic acids is 1. The number of amides is 1. The van der Waals surface area contributed by atoms with Crippen LogP contribution in [0.5, 0.6) is 5.75 Å². The first kappa shape index (κ1) is 13.8. The summed E-state index contributed by atoms with van der Waals surface area (Å²) in [5.74, 6) is 0.427. The van der Waals surface area contributed by atoms with Crippen LogP contribution in [0.15, 0.2) is 18.2 Å². The van der Waals surface area contributed by atoms with Crippen LogP contribution >= 0.6 is 0 Å². The fourth-order valence-electron chi connectivity index (χ4n) is 2.38. The highest BCUT2D eigenvalue weighted by Gasteiger charge is 2.32. The second-order valence-corrected chi connectivity index (χ2v) is 4.91. The van der Waals surface area contributed by atoms with Crippen LogP contribution in [0.3, 0.4) is 0 Å². The first-order valence-corrected chi connectivity index (χ1v) is 6.35. The van der Waals surface area contributed by atoms with E-state index in [-0.39, 0.29) is 11.9 Å². The van der Waals surface area contributed by atoms with E-state index in [1.807, 2.05) is 19.1 Å². The zero-order chi connectivity index (χ0) is 14.0. The molecule has 1 fully saturated rings. The topological polar surface area (TPSA) is 61.8 Å². The van der Waals surface area contributed by atoms with E-state index >= 15 is 0 Å². The Morgan fingerprint density at radius 3 is 2.79 bits per heavy atom. The maximum Gasteiger partial charge on any atom is 0.257 e. The Balaban J connectivity index is 2.25. The Morgan fingerprint density at radius 2 is 2.21 bits per heavy atom. The summed E-state index contributed by atoms with van der Waals surface area (Å²) in [5, 5.41) is 12.9. The molecule has 0 spiro atoms. The molecular formula is C14H20N2O3. The molecule has 1 heterocycles. The molecule has 0 aliphatic carbocycles. The number of aliphatic hydroxyl groups excluding tert-OH is 1. The van der Waals surface area contributed by atoms with Crippen molar-refractivity contribution in [3.05, 3.63) is 29.3 Å². The normalized spacial score (nSPS) is 22.3. The number of benzene rings is 1. The molecule has 2 atom stereocenters. The predicted octanol–water partition coefficient (Wildman–Crippen LogP) is 0.408. The molecule has 1 aromatic carbocycles. The molecule has 2 rings (SSSR count). The van der Waals surface area contributed by atoms with Crippen LogP contribution in [0, 0.1) is 6.92 Å². The molecule has 5 nitrogen and oxygen atoms in total. The average Bonchev–Trinajstić information content (AvgIpc) is 2.83. The van der Waals surface area contributed by atoms with Crippen LogP contribution in [0.2, 0.25) is 0 Å². The third-order valence-corrected chi connectivity index (χ3v) is 3.55. The van der Waals surface area contributed by atoms with Gasteiger partial charge in [-0.2, -0.15) is 0 Å². The molecule has 0 bridgehead atoms. The maximum atomic E-state index is 12.5. The lowest BCUT2D eigenvalue weighted by molar-refractivity contribution is 0.0578. The zero-order valence-electron chi connectivity index (χ0n) is 11.5. The predicted molar refractivity (Wildman–Crippen MR) is 72.5 cm³/mol. The summed E-state index contributed by atoms with van der Waals surface area (Å²) in [6.07, 6.45) is -0.523. The first-order valence-electron chi connectivity index (χ1n) is 6.35. The molecule has 1 aliphatic heterocycles. The van der Waals surface area contributed by atoms with Gasteiger partial charge in [0, 0.05) is 20.1 Å². The molecule has 1 saturated heterocycles. The molecule has 0 saturated carbocycles. The van der Waals surface area contributed by atoms with Crippen LogP contribution in [-0.2, 0) is 0 Å².